The molecule has 0 aromatic rings. The Morgan fingerprint density at radius 1 is 1.19 bits per heavy atom. The number of β-amino-alcohol motifs (C(OH)–C–C–N with tert-alkyl or cyclic N) is 1. The van der Waals surface area contributed by atoms with Gasteiger partial charge in [-0.3, -0.25) is 0 Å². The van der Waals surface area contributed by atoms with E-state index in [1.807, 2.05) is 0 Å². The van der Waals surface area contributed by atoms with Crippen molar-refractivity contribution in [1.82, 2.24) is 4.90 Å². The van der Waals surface area contributed by atoms with Gasteiger partial charge in [0.2, 0.25) is 0 Å². The summed E-state index contributed by atoms with van der Waals surface area (Å²) in [5.41, 5.74) is 0.612. The third-order valence-corrected chi connectivity index (χ3v) is 5.03. The molecular weight excluding hydrogens is 198 g/mol. The smallest absolute Gasteiger partial charge is 0.0695 e. The Hall–Kier alpha value is -0.0800. The highest BCUT2D eigenvalue weighted by molar-refractivity contribution is 4.87. The predicted octanol–water partition coefficient (Wildman–Crippen LogP) is 2.66. The molecule has 1 atom stereocenters. The van der Waals surface area contributed by atoms with Crippen LogP contribution < -0.4 is 0 Å². The van der Waals surface area contributed by atoms with E-state index in [2.05, 4.69) is 18.7 Å². The minimum atomic E-state index is -0.0456. The summed E-state index contributed by atoms with van der Waals surface area (Å²) in [5, 5.41) is 9.94. The van der Waals surface area contributed by atoms with Gasteiger partial charge in [0.25, 0.3) is 0 Å². The van der Waals surface area contributed by atoms with Crippen molar-refractivity contribution in [3.63, 3.8) is 0 Å². The van der Waals surface area contributed by atoms with E-state index >= 15 is 0 Å². The van der Waals surface area contributed by atoms with Gasteiger partial charge < -0.3 is 10.0 Å². The van der Waals surface area contributed by atoms with Crippen molar-refractivity contribution in [3.05, 3.63) is 0 Å². The first-order valence-corrected chi connectivity index (χ1v) is 7.09. The Balaban J connectivity index is 1.75. The van der Waals surface area contributed by atoms with E-state index in [1.165, 1.54) is 51.6 Å². The van der Waals surface area contributed by atoms with Crippen molar-refractivity contribution in [2.24, 2.45) is 11.3 Å². The van der Waals surface area contributed by atoms with Crippen LogP contribution in [-0.2, 0) is 0 Å². The second-order valence-corrected chi connectivity index (χ2v) is 5.91. The van der Waals surface area contributed by atoms with E-state index in [0.717, 1.165) is 6.54 Å². The number of likely N-dealkylation sites (tertiary alicyclic amines) is 1. The fourth-order valence-electron chi connectivity index (χ4n) is 3.06. The molecule has 2 aliphatic rings. The highest BCUT2D eigenvalue weighted by atomic mass is 16.3. The van der Waals surface area contributed by atoms with Gasteiger partial charge >= 0.3 is 0 Å². The van der Waals surface area contributed by atoms with Gasteiger partial charge in [0.05, 0.1) is 6.10 Å². The van der Waals surface area contributed by atoms with E-state index in [0.29, 0.717) is 11.3 Å². The van der Waals surface area contributed by atoms with Crippen LogP contribution in [0.25, 0.3) is 0 Å². The van der Waals surface area contributed by atoms with Gasteiger partial charge in [-0.2, -0.15) is 0 Å². The van der Waals surface area contributed by atoms with Crippen molar-refractivity contribution < 1.29 is 5.11 Å². The van der Waals surface area contributed by atoms with E-state index in [1.54, 1.807) is 0 Å². The molecule has 1 saturated carbocycles. The minimum absolute atomic E-state index is 0.0456. The lowest BCUT2D eigenvalue weighted by Gasteiger charge is -2.41. The molecule has 1 N–H and O–H groups in total. The van der Waals surface area contributed by atoms with Gasteiger partial charge in [0, 0.05) is 6.54 Å². The molecule has 16 heavy (non-hydrogen) atoms. The second kappa shape index (κ2) is 5.05. The quantitative estimate of drug-likeness (QED) is 0.777. The molecule has 1 unspecified atom stereocenters. The van der Waals surface area contributed by atoms with Crippen molar-refractivity contribution >= 4 is 0 Å². The maximum Gasteiger partial charge on any atom is 0.0695 e. The number of piperidine rings is 1. The lowest BCUT2D eigenvalue weighted by Crippen LogP contribution is -2.43. The molecule has 0 bridgehead atoms. The van der Waals surface area contributed by atoms with Gasteiger partial charge in [-0.15, -0.1) is 0 Å². The molecule has 2 fully saturated rings. The van der Waals surface area contributed by atoms with Crippen molar-refractivity contribution in [3.8, 4) is 0 Å². The third kappa shape index (κ3) is 2.78. The summed E-state index contributed by atoms with van der Waals surface area (Å²) in [6.45, 7) is 7.99. The Morgan fingerprint density at radius 3 is 2.19 bits per heavy atom. The summed E-state index contributed by atoms with van der Waals surface area (Å²) in [6, 6.07) is 0. The molecule has 2 heteroatoms. The zero-order valence-corrected chi connectivity index (χ0v) is 10.9. The summed E-state index contributed by atoms with van der Waals surface area (Å²) >= 11 is 0. The summed E-state index contributed by atoms with van der Waals surface area (Å²) in [4.78, 5) is 2.48. The van der Waals surface area contributed by atoms with Crippen LogP contribution in [0.1, 0.15) is 52.4 Å². The van der Waals surface area contributed by atoms with E-state index in [-0.39, 0.29) is 6.10 Å². The fourth-order valence-corrected chi connectivity index (χ4v) is 3.06. The summed E-state index contributed by atoms with van der Waals surface area (Å²) in [5.74, 6) is 0.629. The normalized spacial score (nSPS) is 27.9. The first kappa shape index (κ1) is 12.4. The average Bonchev–Trinajstić information content (AvgIpc) is 3.14. The number of hydrogen-bond acceptors (Lipinski definition) is 2. The highest BCUT2D eigenvalue weighted by Gasteiger charge is 2.34. The SMILES string of the molecule is CCC1(CC)CCN(CC(O)C2CC2)CC1. The van der Waals surface area contributed by atoms with Gasteiger partial charge in [0.1, 0.15) is 0 Å². The maximum absolute atomic E-state index is 9.94. The summed E-state index contributed by atoms with van der Waals surface area (Å²) in [7, 11) is 0. The standard InChI is InChI=1S/C14H27NO/c1-3-14(4-2)7-9-15(10-8-14)11-13(16)12-5-6-12/h12-13,16H,3-11H2,1-2H3. The van der Waals surface area contributed by atoms with Crippen LogP contribution in [0.4, 0.5) is 0 Å². The first-order valence-electron chi connectivity index (χ1n) is 7.09. The van der Waals surface area contributed by atoms with Crippen molar-refractivity contribution in [1.29, 1.82) is 0 Å². The molecule has 0 aromatic carbocycles. The van der Waals surface area contributed by atoms with Crippen LogP contribution in [0, 0.1) is 11.3 Å². The molecule has 1 saturated heterocycles. The zero-order chi connectivity index (χ0) is 11.6. The van der Waals surface area contributed by atoms with Gasteiger partial charge in [-0.1, -0.05) is 26.7 Å². The maximum atomic E-state index is 9.94. The number of aliphatic hydroxyl groups excluding tert-OH is 1. The Kier molecular flexibility index (Phi) is 3.91. The molecule has 2 nitrogen and oxygen atoms in total. The molecule has 1 aliphatic heterocycles. The molecule has 1 aliphatic carbocycles. The van der Waals surface area contributed by atoms with Gasteiger partial charge in [0.15, 0.2) is 0 Å². The van der Waals surface area contributed by atoms with Crippen LogP contribution in [0.5, 0.6) is 0 Å². The van der Waals surface area contributed by atoms with Crippen molar-refractivity contribution in [2.75, 3.05) is 19.6 Å². The van der Waals surface area contributed by atoms with Crippen LogP contribution in [0.2, 0.25) is 0 Å². The Morgan fingerprint density at radius 2 is 1.75 bits per heavy atom. The number of aliphatic hydroxyl groups is 1. The molecule has 0 aromatic heterocycles. The second-order valence-electron chi connectivity index (χ2n) is 5.91. The Labute approximate surface area is 100 Å². The summed E-state index contributed by atoms with van der Waals surface area (Å²) in [6.07, 6.45) is 7.77. The van der Waals surface area contributed by atoms with Crippen LogP contribution in [0.3, 0.4) is 0 Å². The van der Waals surface area contributed by atoms with E-state index in [4.69, 9.17) is 0 Å². The molecule has 0 amide bonds. The zero-order valence-electron chi connectivity index (χ0n) is 10.9. The van der Waals surface area contributed by atoms with Gasteiger partial charge in [-0.05, 0) is 50.1 Å². The molecule has 0 radical (unpaired) electrons. The van der Waals surface area contributed by atoms with E-state index in [9.17, 15) is 5.11 Å². The monoisotopic (exact) mass is 225 g/mol. The number of rotatable bonds is 5. The number of hydrogen-bond donors (Lipinski definition) is 1. The van der Waals surface area contributed by atoms with Crippen molar-refractivity contribution in [2.45, 2.75) is 58.5 Å². The largest absolute Gasteiger partial charge is 0.392 e. The minimum Gasteiger partial charge on any atom is -0.392 e. The van der Waals surface area contributed by atoms with Gasteiger partial charge in [-0.25, -0.2) is 0 Å². The van der Waals surface area contributed by atoms with E-state index < -0.39 is 0 Å². The first-order chi connectivity index (χ1) is 7.69. The Bertz CT molecular complexity index is 211. The van der Waals surface area contributed by atoms with Crippen LogP contribution in [-0.4, -0.2) is 35.7 Å². The molecular formula is C14H27NO. The third-order valence-electron chi connectivity index (χ3n) is 5.03. The highest BCUT2D eigenvalue weighted by Crippen LogP contribution is 2.38. The topological polar surface area (TPSA) is 23.5 Å². The number of nitrogens with zero attached hydrogens (tertiary/aromatic N) is 1. The molecule has 1 heterocycles. The predicted molar refractivity (Wildman–Crippen MR) is 67.4 cm³/mol. The fraction of sp³-hybridized carbons (Fsp3) is 1.00. The average molecular weight is 225 g/mol. The molecule has 0 spiro atoms. The summed E-state index contributed by atoms with van der Waals surface area (Å²) < 4.78 is 0. The lowest BCUT2D eigenvalue weighted by atomic mass is 9.74. The molecule has 94 valence electrons. The van der Waals surface area contributed by atoms with Crippen LogP contribution in [0.15, 0.2) is 0 Å². The lowest BCUT2D eigenvalue weighted by molar-refractivity contribution is 0.0456. The van der Waals surface area contributed by atoms with Crippen LogP contribution >= 0.6 is 0 Å². The molecule has 2 rings (SSSR count).